The van der Waals surface area contributed by atoms with Gasteiger partial charge in [-0.25, -0.2) is 4.39 Å². The molecule has 2 aromatic carbocycles. The highest BCUT2D eigenvalue weighted by atomic mass is 19.1. The Morgan fingerprint density at radius 2 is 1.65 bits per heavy atom. The summed E-state index contributed by atoms with van der Waals surface area (Å²) in [6.45, 7) is 5.57. The van der Waals surface area contributed by atoms with Crippen LogP contribution in [0.4, 0.5) is 4.39 Å². The smallest absolute Gasteiger partial charge is 0.257 e. The van der Waals surface area contributed by atoms with E-state index in [0.717, 1.165) is 37.9 Å². The van der Waals surface area contributed by atoms with Gasteiger partial charge in [0.2, 0.25) is 5.91 Å². The van der Waals surface area contributed by atoms with Gasteiger partial charge in [0.25, 0.3) is 5.91 Å². The summed E-state index contributed by atoms with van der Waals surface area (Å²) in [7, 11) is 0. The van der Waals surface area contributed by atoms with E-state index < -0.39 is 11.7 Å². The number of benzene rings is 2. The van der Waals surface area contributed by atoms with Gasteiger partial charge in [-0.1, -0.05) is 75.6 Å². The fourth-order valence-electron chi connectivity index (χ4n) is 5.23. The molecule has 0 spiro atoms. The van der Waals surface area contributed by atoms with Gasteiger partial charge >= 0.3 is 0 Å². The molecule has 0 atom stereocenters. The molecule has 0 radical (unpaired) electrons. The highest BCUT2D eigenvalue weighted by Crippen LogP contribution is 2.25. The summed E-state index contributed by atoms with van der Waals surface area (Å²) in [4.78, 5) is 30.7. The van der Waals surface area contributed by atoms with E-state index in [1.807, 2.05) is 43.0 Å². The molecule has 5 nitrogen and oxygen atoms in total. The van der Waals surface area contributed by atoms with E-state index in [4.69, 9.17) is 0 Å². The Kier molecular flexibility index (Phi) is 9.15. The number of hydrogen-bond donors (Lipinski definition) is 0. The van der Waals surface area contributed by atoms with Crippen LogP contribution >= 0.6 is 0 Å². The van der Waals surface area contributed by atoms with Crippen LogP contribution in [0.3, 0.4) is 0 Å². The Hall–Kier alpha value is -3.41. The number of amides is 2. The zero-order valence-electron chi connectivity index (χ0n) is 22.0. The van der Waals surface area contributed by atoms with Gasteiger partial charge in [0.15, 0.2) is 0 Å². The zero-order valence-corrected chi connectivity index (χ0v) is 22.0. The summed E-state index contributed by atoms with van der Waals surface area (Å²) in [5.41, 5.74) is 2.28. The van der Waals surface area contributed by atoms with Gasteiger partial charge in [0, 0.05) is 31.0 Å². The van der Waals surface area contributed by atoms with E-state index in [2.05, 4.69) is 29.0 Å². The predicted molar refractivity (Wildman–Crippen MR) is 145 cm³/mol. The molecule has 1 fully saturated rings. The molecule has 1 aliphatic rings. The summed E-state index contributed by atoms with van der Waals surface area (Å²) < 4.78 is 16.6. The maximum Gasteiger partial charge on any atom is 0.257 e. The van der Waals surface area contributed by atoms with Gasteiger partial charge in [-0.05, 0) is 48.6 Å². The number of hydrogen-bond acceptors (Lipinski definition) is 2. The molecular formula is C31H38FN3O2. The Morgan fingerprint density at radius 1 is 0.946 bits per heavy atom. The molecule has 1 saturated carbocycles. The van der Waals surface area contributed by atoms with E-state index in [1.165, 1.54) is 29.0 Å². The minimum atomic E-state index is -0.559. The topological polar surface area (TPSA) is 45.6 Å². The molecular weight excluding hydrogens is 465 g/mol. The monoisotopic (exact) mass is 503 g/mol. The molecule has 196 valence electrons. The average molecular weight is 504 g/mol. The predicted octanol–water partition coefficient (Wildman–Crippen LogP) is 6.14. The summed E-state index contributed by atoms with van der Waals surface area (Å²) in [5, 5.41) is 0. The second kappa shape index (κ2) is 12.7. The Balaban J connectivity index is 1.56. The number of nitrogens with zero attached hydrogens (tertiary/aromatic N) is 3. The van der Waals surface area contributed by atoms with Crippen LogP contribution < -0.4 is 0 Å². The number of aromatic nitrogens is 1. The quantitative estimate of drug-likeness (QED) is 0.334. The van der Waals surface area contributed by atoms with E-state index >= 15 is 0 Å². The SMILES string of the molecule is CC(C)CN(CC(=O)N(Cc1cccn1Cc1ccccc1)C1CCCCC1)C(=O)c1ccccc1F. The van der Waals surface area contributed by atoms with Crippen LogP contribution in [0, 0.1) is 11.7 Å². The van der Waals surface area contributed by atoms with E-state index in [0.29, 0.717) is 13.1 Å². The van der Waals surface area contributed by atoms with Crippen molar-refractivity contribution in [1.82, 2.24) is 14.4 Å². The summed E-state index contributed by atoms with van der Waals surface area (Å²) >= 11 is 0. The molecule has 0 aliphatic heterocycles. The van der Waals surface area contributed by atoms with E-state index in [-0.39, 0.29) is 30.0 Å². The normalized spacial score (nSPS) is 14.1. The van der Waals surface area contributed by atoms with Crippen molar-refractivity contribution in [3.8, 4) is 0 Å². The zero-order chi connectivity index (χ0) is 26.2. The highest BCUT2D eigenvalue weighted by molar-refractivity contribution is 5.96. The highest BCUT2D eigenvalue weighted by Gasteiger charge is 2.30. The fourth-order valence-corrected chi connectivity index (χ4v) is 5.23. The first-order chi connectivity index (χ1) is 17.9. The summed E-state index contributed by atoms with van der Waals surface area (Å²) in [5.74, 6) is -0.924. The number of carbonyl (C=O) groups excluding carboxylic acids is 2. The van der Waals surface area contributed by atoms with Gasteiger partial charge in [0.1, 0.15) is 12.4 Å². The van der Waals surface area contributed by atoms with Crippen LogP contribution in [0.5, 0.6) is 0 Å². The molecule has 2 amide bonds. The van der Waals surface area contributed by atoms with Crippen molar-refractivity contribution in [1.29, 1.82) is 0 Å². The molecule has 4 rings (SSSR count). The van der Waals surface area contributed by atoms with Crippen molar-refractivity contribution in [3.63, 3.8) is 0 Å². The van der Waals surface area contributed by atoms with E-state index in [1.54, 1.807) is 12.1 Å². The van der Waals surface area contributed by atoms with Gasteiger partial charge < -0.3 is 14.4 Å². The molecule has 1 aromatic heterocycles. The molecule has 0 saturated heterocycles. The third kappa shape index (κ3) is 7.09. The standard InChI is InChI=1S/C31H38FN3O2/c1-24(2)20-34(31(37)28-17-9-10-18-29(28)32)23-30(36)35(26-14-7-4-8-15-26)22-27-16-11-19-33(27)21-25-12-5-3-6-13-25/h3,5-6,9-13,16-19,24,26H,4,7-8,14-15,20-23H2,1-2H3. The lowest BCUT2D eigenvalue weighted by atomic mass is 9.94. The lowest BCUT2D eigenvalue weighted by Gasteiger charge is -2.36. The number of carbonyl (C=O) groups is 2. The maximum atomic E-state index is 14.5. The van der Waals surface area contributed by atoms with Crippen LogP contribution in [0.15, 0.2) is 72.9 Å². The van der Waals surface area contributed by atoms with Crippen molar-refractivity contribution < 1.29 is 14.0 Å². The van der Waals surface area contributed by atoms with Crippen molar-refractivity contribution in [2.75, 3.05) is 13.1 Å². The third-order valence-corrected chi connectivity index (χ3v) is 7.09. The summed E-state index contributed by atoms with van der Waals surface area (Å²) in [6.07, 6.45) is 7.38. The van der Waals surface area contributed by atoms with Crippen LogP contribution in [-0.4, -0.2) is 45.3 Å². The van der Waals surface area contributed by atoms with Crippen molar-refractivity contribution >= 4 is 11.8 Å². The Bertz CT molecular complexity index is 1170. The molecule has 37 heavy (non-hydrogen) atoms. The minimum absolute atomic E-state index is 0.0110. The first-order valence-corrected chi connectivity index (χ1v) is 13.4. The number of halogens is 1. The van der Waals surface area contributed by atoms with Gasteiger partial charge in [-0.15, -0.1) is 0 Å². The molecule has 1 heterocycles. The molecule has 0 bridgehead atoms. The van der Waals surface area contributed by atoms with Crippen LogP contribution in [0.2, 0.25) is 0 Å². The Morgan fingerprint density at radius 3 is 2.35 bits per heavy atom. The first kappa shape index (κ1) is 26.6. The van der Waals surface area contributed by atoms with Crippen LogP contribution in [0.25, 0.3) is 0 Å². The molecule has 3 aromatic rings. The third-order valence-electron chi connectivity index (χ3n) is 7.09. The van der Waals surface area contributed by atoms with Crippen molar-refractivity contribution in [3.05, 3.63) is 95.6 Å². The van der Waals surface area contributed by atoms with Gasteiger partial charge in [0.05, 0.1) is 12.1 Å². The van der Waals surface area contributed by atoms with Crippen LogP contribution in [-0.2, 0) is 17.9 Å². The maximum absolute atomic E-state index is 14.5. The van der Waals surface area contributed by atoms with Crippen LogP contribution in [0.1, 0.15) is 67.6 Å². The van der Waals surface area contributed by atoms with Crippen molar-refractivity contribution in [2.45, 2.75) is 65.1 Å². The lowest BCUT2D eigenvalue weighted by Crippen LogP contribution is -2.48. The minimum Gasteiger partial charge on any atom is -0.345 e. The largest absolute Gasteiger partial charge is 0.345 e. The van der Waals surface area contributed by atoms with Gasteiger partial charge in [-0.2, -0.15) is 0 Å². The fraction of sp³-hybridized carbons (Fsp3) is 0.419. The molecule has 0 unspecified atom stereocenters. The summed E-state index contributed by atoms with van der Waals surface area (Å²) in [6, 6.07) is 20.5. The second-order valence-corrected chi connectivity index (χ2v) is 10.5. The molecule has 6 heteroatoms. The lowest BCUT2D eigenvalue weighted by molar-refractivity contribution is -0.135. The average Bonchev–Trinajstić information content (AvgIpc) is 3.34. The van der Waals surface area contributed by atoms with E-state index in [9.17, 15) is 14.0 Å². The number of rotatable bonds is 10. The first-order valence-electron chi connectivity index (χ1n) is 13.4. The van der Waals surface area contributed by atoms with Gasteiger partial charge in [-0.3, -0.25) is 9.59 Å². The van der Waals surface area contributed by atoms with Crippen molar-refractivity contribution in [2.24, 2.45) is 5.92 Å². The second-order valence-electron chi connectivity index (χ2n) is 10.5. The molecule has 0 N–H and O–H groups in total. The molecule has 1 aliphatic carbocycles. The Labute approximate surface area is 219 Å².